The summed E-state index contributed by atoms with van der Waals surface area (Å²) < 4.78 is 54.2. The third kappa shape index (κ3) is 6.27. The summed E-state index contributed by atoms with van der Waals surface area (Å²) in [5.41, 5.74) is 2.02. The molecule has 35 heavy (non-hydrogen) atoms. The molecule has 1 heterocycles. The average Bonchev–Trinajstić information content (AvgIpc) is 3.25. The first-order chi connectivity index (χ1) is 16.7. The Morgan fingerprint density at radius 3 is 2.40 bits per heavy atom. The Bertz CT molecular complexity index is 1330. The van der Waals surface area contributed by atoms with Crippen LogP contribution in [0.4, 0.5) is 17.6 Å². The number of carbonyl (C=O) groups excluding carboxylic acids is 1. The molecule has 0 spiro atoms. The maximum absolute atomic E-state index is 13.9. The van der Waals surface area contributed by atoms with E-state index in [4.69, 9.17) is 11.6 Å². The summed E-state index contributed by atoms with van der Waals surface area (Å²) in [5.74, 6) is -0.647. The Hall–Kier alpha value is -3.65. The zero-order chi connectivity index (χ0) is 25.0. The Labute approximate surface area is 204 Å². The number of aromatic nitrogens is 2. The molecule has 0 bridgehead atoms. The molecule has 4 nitrogen and oxygen atoms in total. The van der Waals surface area contributed by atoms with Gasteiger partial charge >= 0.3 is 6.18 Å². The zero-order valence-electron chi connectivity index (χ0n) is 18.3. The second-order valence-electron chi connectivity index (χ2n) is 7.89. The second kappa shape index (κ2) is 10.3. The van der Waals surface area contributed by atoms with Crippen molar-refractivity contribution >= 4 is 17.5 Å². The maximum Gasteiger partial charge on any atom is 0.416 e. The van der Waals surface area contributed by atoms with E-state index in [1.165, 1.54) is 35.0 Å². The maximum atomic E-state index is 13.9. The van der Waals surface area contributed by atoms with Crippen LogP contribution in [0.2, 0.25) is 5.02 Å². The van der Waals surface area contributed by atoms with Crippen LogP contribution in [0.25, 0.3) is 16.9 Å². The number of hydrogen-bond donors (Lipinski definition) is 1. The van der Waals surface area contributed by atoms with Gasteiger partial charge in [0.05, 0.1) is 22.6 Å². The molecule has 0 unspecified atom stereocenters. The minimum absolute atomic E-state index is 0.146. The quantitative estimate of drug-likeness (QED) is 0.290. The molecule has 0 aliphatic carbocycles. The first-order valence-electron chi connectivity index (χ1n) is 10.7. The summed E-state index contributed by atoms with van der Waals surface area (Å²) >= 11 is 5.96. The smallest absolute Gasteiger partial charge is 0.352 e. The van der Waals surface area contributed by atoms with Crippen molar-refractivity contribution in [3.05, 3.63) is 107 Å². The molecule has 0 aliphatic heterocycles. The van der Waals surface area contributed by atoms with Gasteiger partial charge in [-0.15, -0.1) is 0 Å². The van der Waals surface area contributed by atoms with Gasteiger partial charge in [-0.1, -0.05) is 35.9 Å². The lowest BCUT2D eigenvalue weighted by molar-refractivity contribution is -0.137. The standard InChI is InChI=1S/C26H20ClF4N3O/c27-20-5-1-3-17(13-20)16-32-25(35)12-9-22-15-24(18-4-2-6-21(28)14-18)34(33-22)23-10-7-19(8-11-23)26(29,30)31/h1-8,10-11,13-15H,9,12,16H2,(H,32,35). The van der Waals surface area contributed by atoms with E-state index in [-0.39, 0.29) is 18.7 Å². The van der Waals surface area contributed by atoms with E-state index in [9.17, 15) is 22.4 Å². The molecule has 0 aliphatic rings. The number of aryl methyl sites for hydroxylation is 1. The van der Waals surface area contributed by atoms with Crippen LogP contribution in [-0.4, -0.2) is 15.7 Å². The summed E-state index contributed by atoms with van der Waals surface area (Å²) in [4.78, 5) is 12.3. The first kappa shape index (κ1) is 24.5. The fourth-order valence-electron chi connectivity index (χ4n) is 3.57. The minimum atomic E-state index is -4.46. The van der Waals surface area contributed by atoms with Crippen molar-refractivity contribution in [2.75, 3.05) is 0 Å². The van der Waals surface area contributed by atoms with Crippen LogP contribution >= 0.6 is 11.6 Å². The number of amides is 1. The van der Waals surface area contributed by atoms with E-state index in [1.54, 1.807) is 30.3 Å². The molecule has 1 amide bonds. The molecule has 0 saturated heterocycles. The topological polar surface area (TPSA) is 46.9 Å². The molecular formula is C26H20ClF4N3O. The number of halogens is 5. The number of rotatable bonds is 7. The van der Waals surface area contributed by atoms with Gasteiger partial charge in [0.2, 0.25) is 5.91 Å². The Balaban J connectivity index is 1.53. The van der Waals surface area contributed by atoms with Gasteiger partial charge in [-0.25, -0.2) is 9.07 Å². The van der Waals surface area contributed by atoms with Crippen molar-refractivity contribution in [3.8, 4) is 16.9 Å². The van der Waals surface area contributed by atoms with Crippen LogP contribution in [0.5, 0.6) is 0 Å². The summed E-state index contributed by atoms with van der Waals surface area (Å²) in [6.07, 6.45) is -4.03. The molecule has 180 valence electrons. The molecular weight excluding hydrogens is 482 g/mol. The van der Waals surface area contributed by atoms with Crippen molar-refractivity contribution in [2.45, 2.75) is 25.6 Å². The van der Waals surface area contributed by atoms with Crippen molar-refractivity contribution in [2.24, 2.45) is 0 Å². The molecule has 0 radical (unpaired) electrons. The Morgan fingerprint density at radius 2 is 1.71 bits per heavy atom. The van der Waals surface area contributed by atoms with Crippen LogP contribution in [-0.2, 0) is 23.9 Å². The van der Waals surface area contributed by atoms with Crippen molar-refractivity contribution in [1.29, 1.82) is 0 Å². The summed E-state index contributed by atoms with van der Waals surface area (Å²) in [5, 5.41) is 7.90. The molecule has 1 N–H and O–H groups in total. The fourth-order valence-corrected chi connectivity index (χ4v) is 3.78. The lowest BCUT2D eigenvalue weighted by atomic mass is 10.1. The van der Waals surface area contributed by atoms with E-state index < -0.39 is 17.6 Å². The molecule has 0 saturated carbocycles. The van der Waals surface area contributed by atoms with Crippen LogP contribution in [0, 0.1) is 5.82 Å². The van der Waals surface area contributed by atoms with Gasteiger partial charge in [0, 0.05) is 30.0 Å². The highest BCUT2D eigenvalue weighted by Crippen LogP contribution is 2.31. The number of alkyl halides is 3. The van der Waals surface area contributed by atoms with E-state index in [1.807, 2.05) is 6.07 Å². The molecule has 0 fully saturated rings. The lowest BCUT2D eigenvalue weighted by Gasteiger charge is -2.10. The van der Waals surface area contributed by atoms with Crippen LogP contribution < -0.4 is 5.32 Å². The van der Waals surface area contributed by atoms with Gasteiger partial charge in [-0.2, -0.15) is 18.3 Å². The fraction of sp³-hybridized carbons (Fsp3) is 0.154. The van der Waals surface area contributed by atoms with E-state index in [0.29, 0.717) is 34.2 Å². The van der Waals surface area contributed by atoms with Gasteiger partial charge in [0.15, 0.2) is 0 Å². The average molecular weight is 502 g/mol. The number of nitrogens with one attached hydrogen (secondary N) is 1. The Morgan fingerprint density at radius 1 is 0.971 bits per heavy atom. The predicted octanol–water partition coefficient (Wildman–Crippen LogP) is 6.60. The molecule has 4 rings (SSSR count). The van der Waals surface area contributed by atoms with Crippen LogP contribution in [0.1, 0.15) is 23.2 Å². The number of benzene rings is 3. The van der Waals surface area contributed by atoms with E-state index in [2.05, 4.69) is 10.4 Å². The predicted molar refractivity (Wildman–Crippen MR) is 126 cm³/mol. The van der Waals surface area contributed by atoms with Gasteiger partial charge in [0.1, 0.15) is 5.82 Å². The lowest BCUT2D eigenvalue weighted by Crippen LogP contribution is -2.23. The van der Waals surface area contributed by atoms with Crippen LogP contribution in [0.3, 0.4) is 0 Å². The normalized spacial score (nSPS) is 11.5. The van der Waals surface area contributed by atoms with Crippen molar-refractivity contribution in [3.63, 3.8) is 0 Å². The molecule has 4 aromatic rings. The van der Waals surface area contributed by atoms with Gasteiger partial charge in [0.25, 0.3) is 0 Å². The highest BCUT2D eigenvalue weighted by molar-refractivity contribution is 6.30. The zero-order valence-corrected chi connectivity index (χ0v) is 19.1. The summed E-state index contributed by atoms with van der Waals surface area (Å²) in [7, 11) is 0. The van der Waals surface area contributed by atoms with Crippen molar-refractivity contribution in [1.82, 2.24) is 15.1 Å². The highest BCUT2D eigenvalue weighted by Gasteiger charge is 2.30. The summed E-state index contributed by atoms with van der Waals surface area (Å²) in [6, 6.07) is 19.2. The molecule has 9 heteroatoms. The largest absolute Gasteiger partial charge is 0.416 e. The van der Waals surface area contributed by atoms with E-state index in [0.717, 1.165) is 17.7 Å². The highest BCUT2D eigenvalue weighted by atomic mass is 35.5. The summed E-state index contributed by atoms with van der Waals surface area (Å²) in [6.45, 7) is 0.327. The number of carbonyl (C=O) groups is 1. The third-order valence-electron chi connectivity index (χ3n) is 5.31. The SMILES string of the molecule is O=C(CCc1cc(-c2cccc(F)c2)n(-c2ccc(C(F)(F)F)cc2)n1)NCc1cccc(Cl)c1. The van der Waals surface area contributed by atoms with Gasteiger partial charge < -0.3 is 5.32 Å². The molecule has 0 atom stereocenters. The van der Waals surface area contributed by atoms with E-state index >= 15 is 0 Å². The monoisotopic (exact) mass is 501 g/mol. The van der Waals surface area contributed by atoms with Crippen LogP contribution in [0.15, 0.2) is 78.9 Å². The first-order valence-corrected chi connectivity index (χ1v) is 11.1. The Kier molecular flexibility index (Phi) is 7.21. The number of hydrogen-bond acceptors (Lipinski definition) is 2. The minimum Gasteiger partial charge on any atom is -0.352 e. The van der Waals surface area contributed by atoms with Gasteiger partial charge in [-0.3, -0.25) is 4.79 Å². The molecule has 3 aromatic carbocycles. The van der Waals surface area contributed by atoms with Gasteiger partial charge in [-0.05, 0) is 60.2 Å². The van der Waals surface area contributed by atoms with Crippen molar-refractivity contribution < 1.29 is 22.4 Å². The third-order valence-corrected chi connectivity index (χ3v) is 5.54. The number of nitrogens with zero attached hydrogens (tertiary/aromatic N) is 2. The second-order valence-corrected chi connectivity index (χ2v) is 8.33. The molecule has 1 aromatic heterocycles.